The Morgan fingerprint density at radius 2 is 2.00 bits per heavy atom. The zero-order chi connectivity index (χ0) is 19.1. The molecule has 136 valence electrons. The van der Waals surface area contributed by atoms with Gasteiger partial charge >= 0.3 is 0 Å². The van der Waals surface area contributed by atoms with Gasteiger partial charge in [-0.3, -0.25) is 14.8 Å². The van der Waals surface area contributed by atoms with Crippen molar-refractivity contribution in [3.63, 3.8) is 0 Å². The summed E-state index contributed by atoms with van der Waals surface area (Å²) in [6.45, 7) is 3.53. The van der Waals surface area contributed by atoms with Crippen LogP contribution in [0.2, 0.25) is 5.02 Å². The van der Waals surface area contributed by atoms with Gasteiger partial charge in [0.15, 0.2) is 14.9 Å². The Balaban J connectivity index is 2.74. The zero-order valence-electron chi connectivity index (χ0n) is 13.9. The molecular formula is C14H16ClFN4O4S. The number of aryl methyl sites for hydroxylation is 1. The number of nitro groups is 1. The fourth-order valence-electron chi connectivity index (χ4n) is 2.38. The van der Waals surface area contributed by atoms with Crippen LogP contribution in [0.25, 0.3) is 11.3 Å². The van der Waals surface area contributed by atoms with Gasteiger partial charge in [0.2, 0.25) is 0 Å². The van der Waals surface area contributed by atoms with Gasteiger partial charge in [-0.1, -0.05) is 11.6 Å². The highest BCUT2D eigenvalue weighted by atomic mass is 35.5. The Kier molecular flexibility index (Phi) is 5.05. The first-order chi connectivity index (χ1) is 11.4. The van der Waals surface area contributed by atoms with E-state index in [2.05, 4.69) is 10.4 Å². The lowest BCUT2D eigenvalue weighted by molar-refractivity contribution is -0.384. The summed E-state index contributed by atoms with van der Waals surface area (Å²) in [6.07, 6.45) is 0.956. The van der Waals surface area contributed by atoms with Crippen LogP contribution in [-0.2, 0) is 16.9 Å². The third kappa shape index (κ3) is 3.74. The lowest BCUT2D eigenvalue weighted by Gasteiger charge is -2.12. The minimum absolute atomic E-state index is 0.0824. The van der Waals surface area contributed by atoms with Gasteiger partial charge in [0.25, 0.3) is 5.69 Å². The Morgan fingerprint density at radius 1 is 1.40 bits per heavy atom. The molecule has 1 aromatic carbocycles. The second kappa shape index (κ2) is 6.60. The molecule has 0 unspecified atom stereocenters. The van der Waals surface area contributed by atoms with Crippen LogP contribution in [0.15, 0.2) is 17.2 Å². The van der Waals surface area contributed by atoms with E-state index >= 15 is 0 Å². The van der Waals surface area contributed by atoms with Gasteiger partial charge in [0.05, 0.1) is 11.0 Å². The van der Waals surface area contributed by atoms with Gasteiger partial charge in [0.1, 0.15) is 22.2 Å². The molecule has 0 fully saturated rings. The van der Waals surface area contributed by atoms with Gasteiger partial charge in [-0.05, 0) is 19.9 Å². The van der Waals surface area contributed by atoms with Crippen LogP contribution in [0.5, 0.6) is 0 Å². The molecule has 1 N–H and O–H groups in total. The molecule has 0 saturated carbocycles. The van der Waals surface area contributed by atoms with Crippen LogP contribution in [0.3, 0.4) is 0 Å². The molecule has 25 heavy (non-hydrogen) atoms. The molecule has 11 heteroatoms. The maximum atomic E-state index is 14.4. The molecule has 0 aliphatic carbocycles. The van der Waals surface area contributed by atoms with Gasteiger partial charge < -0.3 is 5.32 Å². The van der Waals surface area contributed by atoms with E-state index in [1.165, 1.54) is 13.1 Å². The van der Waals surface area contributed by atoms with Crippen molar-refractivity contribution in [3.05, 3.63) is 33.1 Å². The molecule has 0 atom stereocenters. The third-order valence-corrected chi connectivity index (χ3v) is 4.91. The van der Waals surface area contributed by atoms with Gasteiger partial charge in [-0.25, -0.2) is 12.8 Å². The molecule has 1 heterocycles. The Labute approximate surface area is 148 Å². The van der Waals surface area contributed by atoms with E-state index in [4.69, 9.17) is 11.6 Å². The van der Waals surface area contributed by atoms with Crippen LogP contribution in [0.4, 0.5) is 15.8 Å². The maximum absolute atomic E-state index is 14.4. The standard InChI is InChI=1S/C14H16ClFN4O4S/c1-7(2)17-10-5-8(9(16)6-11(10)20(21)22)13-12(15)14(19(3)18-13)25(4,23)24/h5-7,17H,1-4H3. The number of hydrogen-bond acceptors (Lipinski definition) is 6. The summed E-state index contributed by atoms with van der Waals surface area (Å²) in [7, 11) is -2.33. The molecule has 8 nitrogen and oxygen atoms in total. The van der Waals surface area contributed by atoms with Crippen LogP contribution < -0.4 is 5.32 Å². The third-order valence-electron chi connectivity index (χ3n) is 3.27. The Bertz CT molecular complexity index is 956. The summed E-state index contributed by atoms with van der Waals surface area (Å²) in [4.78, 5) is 10.4. The predicted molar refractivity (Wildman–Crippen MR) is 92.1 cm³/mol. The summed E-state index contributed by atoms with van der Waals surface area (Å²) in [6, 6.07) is 1.81. The van der Waals surface area contributed by atoms with Crippen molar-refractivity contribution in [1.82, 2.24) is 9.78 Å². The first-order valence-corrected chi connectivity index (χ1v) is 9.37. The maximum Gasteiger partial charge on any atom is 0.295 e. The Hall–Kier alpha value is -2.20. The first kappa shape index (κ1) is 19.1. The topological polar surface area (TPSA) is 107 Å². The van der Waals surface area contributed by atoms with Crippen molar-refractivity contribution >= 4 is 32.8 Å². The van der Waals surface area contributed by atoms with Crippen LogP contribution in [0, 0.1) is 15.9 Å². The number of anilines is 1. The van der Waals surface area contributed by atoms with Crippen LogP contribution in [0.1, 0.15) is 13.8 Å². The van der Waals surface area contributed by atoms with E-state index in [0.717, 1.165) is 17.0 Å². The van der Waals surface area contributed by atoms with E-state index in [9.17, 15) is 22.9 Å². The molecule has 0 radical (unpaired) electrons. The van der Waals surface area contributed by atoms with Gasteiger partial charge in [0, 0.05) is 24.9 Å². The van der Waals surface area contributed by atoms with Crippen LogP contribution in [-0.4, -0.2) is 35.4 Å². The first-order valence-electron chi connectivity index (χ1n) is 7.10. The molecule has 0 aliphatic heterocycles. The normalized spacial score (nSPS) is 11.8. The highest BCUT2D eigenvalue weighted by molar-refractivity contribution is 7.90. The smallest absolute Gasteiger partial charge is 0.295 e. The summed E-state index contributed by atoms with van der Waals surface area (Å²) in [5.74, 6) is -0.930. The number of rotatable bonds is 5. The second-order valence-electron chi connectivity index (χ2n) is 5.77. The predicted octanol–water partition coefficient (Wildman–Crippen LogP) is 3.01. The summed E-state index contributed by atoms with van der Waals surface area (Å²) >= 11 is 6.10. The molecule has 0 spiro atoms. The molecule has 0 saturated heterocycles. The molecule has 1 aromatic heterocycles. The summed E-state index contributed by atoms with van der Waals surface area (Å²) < 4.78 is 39.1. The molecular weight excluding hydrogens is 375 g/mol. The minimum atomic E-state index is -3.69. The Morgan fingerprint density at radius 3 is 2.44 bits per heavy atom. The largest absolute Gasteiger partial charge is 0.377 e. The summed E-state index contributed by atoms with van der Waals surface area (Å²) in [5, 5.41) is 17.5. The fourth-order valence-corrected chi connectivity index (χ4v) is 4.00. The highest BCUT2D eigenvalue weighted by Gasteiger charge is 2.27. The van der Waals surface area contributed by atoms with Gasteiger partial charge in [-0.15, -0.1) is 0 Å². The number of nitrogens with one attached hydrogen (secondary N) is 1. The van der Waals surface area contributed by atoms with Crippen molar-refractivity contribution in [2.24, 2.45) is 7.05 Å². The van der Waals surface area contributed by atoms with Crippen molar-refractivity contribution in [1.29, 1.82) is 0 Å². The van der Waals surface area contributed by atoms with Crippen molar-refractivity contribution < 1.29 is 17.7 Å². The summed E-state index contributed by atoms with van der Waals surface area (Å²) in [5.41, 5.74) is -0.600. The molecule has 0 amide bonds. The lowest BCUT2D eigenvalue weighted by atomic mass is 10.1. The number of nitrogens with zero attached hydrogens (tertiary/aromatic N) is 3. The van der Waals surface area contributed by atoms with E-state index < -0.39 is 26.3 Å². The monoisotopic (exact) mass is 390 g/mol. The number of benzene rings is 1. The molecule has 0 bridgehead atoms. The average molecular weight is 391 g/mol. The number of halogens is 2. The van der Waals surface area contributed by atoms with E-state index in [1.54, 1.807) is 13.8 Å². The number of aromatic nitrogens is 2. The molecule has 2 rings (SSSR count). The van der Waals surface area contributed by atoms with Crippen molar-refractivity contribution in [3.8, 4) is 11.3 Å². The minimum Gasteiger partial charge on any atom is -0.377 e. The van der Waals surface area contributed by atoms with Crippen LogP contribution >= 0.6 is 11.6 Å². The van der Waals surface area contributed by atoms with Gasteiger partial charge in [-0.2, -0.15) is 5.10 Å². The van der Waals surface area contributed by atoms with E-state index in [1.807, 2.05) is 0 Å². The second-order valence-corrected chi connectivity index (χ2v) is 8.08. The fraction of sp³-hybridized carbons (Fsp3) is 0.357. The van der Waals surface area contributed by atoms with Crippen molar-refractivity contribution in [2.75, 3.05) is 11.6 Å². The SMILES string of the molecule is CC(C)Nc1cc(-c2nn(C)c(S(C)(=O)=O)c2Cl)c(F)cc1[N+](=O)[O-]. The number of hydrogen-bond donors (Lipinski definition) is 1. The lowest BCUT2D eigenvalue weighted by Crippen LogP contribution is -2.12. The highest BCUT2D eigenvalue weighted by Crippen LogP contribution is 2.38. The van der Waals surface area contributed by atoms with E-state index in [0.29, 0.717) is 0 Å². The zero-order valence-corrected chi connectivity index (χ0v) is 15.4. The quantitative estimate of drug-likeness (QED) is 0.621. The molecule has 0 aliphatic rings. The van der Waals surface area contributed by atoms with E-state index in [-0.39, 0.29) is 33.0 Å². The average Bonchev–Trinajstić information content (AvgIpc) is 2.74. The molecule has 2 aromatic rings. The number of nitro benzene ring substituents is 1. The number of sulfone groups is 1. The van der Waals surface area contributed by atoms with Crippen molar-refractivity contribution in [2.45, 2.75) is 24.9 Å².